The van der Waals surface area contributed by atoms with Gasteiger partial charge in [-0.2, -0.15) is 0 Å². The highest BCUT2D eigenvalue weighted by molar-refractivity contribution is 5.29. The predicted molar refractivity (Wildman–Crippen MR) is 89.0 cm³/mol. The first-order valence-electron chi connectivity index (χ1n) is 8.06. The molecule has 3 heteroatoms. The largest absolute Gasteiger partial charge is 0.494 e. The number of benzene rings is 1. The number of hydrogen-bond donors (Lipinski definition) is 1. The van der Waals surface area contributed by atoms with Crippen LogP contribution in [0, 0.1) is 0 Å². The summed E-state index contributed by atoms with van der Waals surface area (Å²) in [6.07, 6.45) is 2.14. The van der Waals surface area contributed by atoms with E-state index < -0.39 is 0 Å². The maximum absolute atomic E-state index is 5.94. The van der Waals surface area contributed by atoms with Crippen LogP contribution in [0.2, 0.25) is 0 Å². The molecule has 0 aliphatic rings. The van der Waals surface area contributed by atoms with Crippen LogP contribution in [0.3, 0.4) is 0 Å². The minimum absolute atomic E-state index is 0.115. The van der Waals surface area contributed by atoms with Crippen molar-refractivity contribution in [2.24, 2.45) is 0 Å². The van der Waals surface area contributed by atoms with Crippen LogP contribution >= 0.6 is 0 Å². The van der Waals surface area contributed by atoms with Crippen LogP contribution in [0.25, 0.3) is 0 Å². The molecule has 0 amide bonds. The fraction of sp³-hybridized carbons (Fsp3) is 0.667. The quantitative estimate of drug-likeness (QED) is 0.735. The maximum Gasteiger partial charge on any atom is 0.119 e. The van der Waals surface area contributed by atoms with Crippen molar-refractivity contribution in [3.05, 3.63) is 29.8 Å². The summed E-state index contributed by atoms with van der Waals surface area (Å²) in [7, 11) is 0. The van der Waals surface area contributed by atoms with E-state index in [0.29, 0.717) is 6.61 Å². The summed E-state index contributed by atoms with van der Waals surface area (Å²) in [6, 6.07) is 8.57. The van der Waals surface area contributed by atoms with E-state index in [1.54, 1.807) is 0 Å². The van der Waals surface area contributed by atoms with Crippen molar-refractivity contribution in [1.29, 1.82) is 0 Å². The molecule has 0 bridgehead atoms. The molecule has 120 valence electrons. The molecule has 0 aliphatic carbocycles. The van der Waals surface area contributed by atoms with Crippen molar-refractivity contribution >= 4 is 0 Å². The van der Waals surface area contributed by atoms with Crippen LogP contribution in [0.4, 0.5) is 0 Å². The van der Waals surface area contributed by atoms with Gasteiger partial charge in [-0.25, -0.2) is 0 Å². The molecule has 1 aromatic carbocycles. The lowest BCUT2D eigenvalue weighted by Gasteiger charge is -2.25. The number of ether oxygens (including phenoxy) is 2. The van der Waals surface area contributed by atoms with E-state index in [-0.39, 0.29) is 11.6 Å². The molecule has 0 heterocycles. The summed E-state index contributed by atoms with van der Waals surface area (Å²) in [6.45, 7) is 13.0. The van der Waals surface area contributed by atoms with Gasteiger partial charge in [0.25, 0.3) is 0 Å². The molecule has 3 nitrogen and oxygen atoms in total. The zero-order valence-electron chi connectivity index (χ0n) is 14.2. The van der Waals surface area contributed by atoms with Crippen LogP contribution < -0.4 is 10.1 Å². The number of rotatable bonds is 9. The first kappa shape index (κ1) is 18.0. The Kier molecular flexibility index (Phi) is 7.76. The highest BCUT2D eigenvalue weighted by Crippen LogP contribution is 2.20. The molecule has 0 saturated heterocycles. The van der Waals surface area contributed by atoms with Gasteiger partial charge in [-0.15, -0.1) is 0 Å². The topological polar surface area (TPSA) is 30.5 Å². The molecule has 1 rings (SSSR count). The van der Waals surface area contributed by atoms with Crippen molar-refractivity contribution in [2.45, 2.75) is 59.1 Å². The van der Waals surface area contributed by atoms with Crippen LogP contribution in [-0.4, -0.2) is 25.4 Å². The molecule has 0 aromatic heterocycles. The summed E-state index contributed by atoms with van der Waals surface area (Å²) in [5.41, 5.74) is 1.13. The molecule has 0 fully saturated rings. The third kappa shape index (κ3) is 7.49. The van der Waals surface area contributed by atoms with Crippen LogP contribution in [0.5, 0.6) is 5.75 Å². The summed E-state index contributed by atoms with van der Waals surface area (Å²) >= 11 is 0. The van der Waals surface area contributed by atoms with Gasteiger partial charge in [0.05, 0.1) is 24.9 Å². The van der Waals surface area contributed by atoms with Crippen molar-refractivity contribution < 1.29 is 9.47 Å². The lowest BCUT2D eigenvalue weighted by molar-refractivity contribution is -0.0147. The summed E-state index contributed by atoms with van der Waals surface area (Å²) in [4.78, 5) is 0. The highest BCUT2D eigenvalue weighted by atomic mass is 16.5. The molecular formula is C18H31NO2. The Hall–Kier alpha value is -1.06. The van der Waals surface area contributed by atoms with E-state index in [9.17, 15) is 0 Å². The zero-order chi connectivity index (χ0) is 15.7. The average Bonchev–Trinajstić information content (AvgIpc) is 2.45. The monoisotopic (exact) mass is 293 g/mol. The molecule has 0 radical (unpaired) electrons. The summed E-state index contributed by atoms with van der Waals surface area (Å²) in [5.74, 6) is 0.937. The van der Waals surface area contributed by atoms with Crippen LogP contribution in [0.15, 0.2) is 24.3 Å². The first-order chi connectivity index (χ1) is 9.96. The molecule has 0 aliphatic heterocycles. The number of nitrogens with one attached hydrogen (secondary N) is 1. The fourth-order valence-corrected chi connectivity index (χ4v) is 1.94. The van der Waals surface area contributed by atoms with Crippen molar-refractivity contribution in [2.75, 3.05) is 19.8 Å². The van der Waals surface area contributed by atoms with Gasteiger partial charge in [0, 0.05) is 0 Å². The third-order valence-corrected chi connectivity index (χ3v) is 3.08. The van der Waals surface area contributed by atoms with Crippen molar-refractivity contribution in [3.63, 3.8) is 0 Å². The van der Waals surface area contributed by atoms with Gasteiger partial charge in [-0.05, 0) is 57.9 Å². The van der Waals surface area contributed by atoms with Crippen molar-refractivity contribution in [3.8, 4) is 5.75 Å². The van der Waals surface area contributed by atoms with Crippen LogP contribution in [-0.2, 0) is 4.74 Å². The van der Waals surface area contributed by atoms with Gasteiger partial charge >= 0.3 is 0 Å². The van der Waals surface area contributed by atoms with Gasteiger partial charge in [-0.3, -0.25) is 0 Å². The van der Waals surface area contributed by atoms with Gasteiger partial charge < -0.3 is 14.8 Å². The summed E-state index contributed by atoms with van der Waals surface area (Å²) in [5, 5.41) is 3.56. The Morgan fingerprint density at radius 3 is 2.24 bits per heavy atom. The molecule has 1 N–H and O–H groups in total. The smallest absolute Gasteiger partial charge is 0.119 e. The zero-order valence-corrected chi connectivity index (χ0v) is 14.2. The molecule has 1 unspecified atom stereocenters. The Morgan fingerprint density at radius 2 is 1.71 bits per heavy atom. The Balaban J connectivity index is 2.67. The predicted octanol–water partition coefficient (Wildman–Crippen LogP) is 4.33. The van der Waals surface area contributed by atoms with E-state index in [0.717, 1.165) is 31.7 Å². The molecule has 1 atom stereocenters. The molecule has 0 spiro atoms. The van der Waals surface area contributed by atoms with Gasteiger partial charge in [0.15, 0.2) is 0 Å². The van der Waals surface area contributed by atoms with Gasteiger partial charge in [0.2, 0.25) is 0 Å². The number of hydrogen-bond acceptors (Lipinski definition) is 3. The van der Waals surface area contributed by atoms with Gasteiger partial charge in [0.1, 0.15) is 5.75 Å². The van der Waals surface area contributed by atoms with E-state index in [2.05, 4.69) is 52.1 Å². The first-order valence-corrected chi connectivity index (χ1v) is 8.06. The summed E-state index contributed by atoms with van der Waals surface area (Å²) < 4.78 is 11.6. The molecule has 1 aromatic rings. The Bertz CT molecular complexity index is 381. The van der Waals surface area contributed by atoms with Crippen molar-refractivity contribution in [1.82, 2.24) is 5.32 Å². The SMILES string of the molecule is CCCNC(COC(C)(C)C)c1ccc(OCCC)cc1. The maximum atomic E-state index is 5.94. The molecular weight excluding hydrogens is 262 g/mol. The highest BCUT2D eigenvalue weighted by Gasteiger charge is 2.16. The fourth-order valence-electron chi connectivity index (χ4n) is 1.94. The molecule has 21 heavy (non-hydrogen) atoms. The van der Waals surface area contributed by atoms with Crippen LogP contribution in [0.1, 0.15) is 59.1 Å². The van der Waals surface area contributed by atoms with E-state index >= 15 is 0 Å². The average molecular weight is 293 g/mol. The van der Waals surface area contributed by atoms with E-state index in [1.165, 1.54) is 5.56 Å². The van der Waals surface area contributed by atoms with Gasteiger partial charge in [-0.1, -0.05) is 26.0 Å². The normalized spacial score (nSPS) is 13.2. The second kappa shape index (κ2) is 9.06. The standard InChI is InChI=1S/C18H31NO2/c1-6-12-19-17(14-21-18(3,4)5)15-8-10-16(11-9-15)20-13-7-2/h8-11,17,19H,6-7,12-14H2,1-5H3. The minimum Gasteiger partial charge on any atom is -0.494 e. The molecule has 0 saturated carbocycles. The lowest BCUT2D eigenvalue weighted by atomic mass is 10.1. The second-order valence-corrected chi connectivity index (χ2v) is 6.35. The third-order valence-electron chi connectivity index (χ3n) is 3.08. The second-order valence-electron chi connectivity index (χ2n) is 6.35. The Labute approximate surface area is 130 Å². The van der Waals surface area contributed by atoms with E-state index in [1.807, 2.05) is 12.1 Å². The van der Waals surface area contributed by atoms with E-state index in [4.69, 9.17) is 9.47 Å². The lowest BCUT2D eigenvalue weighted by Crippen LogP contribution is -2.30. The Morgan fingerprint density at radius 1 is 1.05 bits per heavy atom. The minimum atomic E-state index is -0.115.